The van der Waals surface area contributed by atoms with Gasteiger partial charge in [0.15, 0.2) is 6.29 Å². The molecule has 2 aromatic heterocycles. The van der Waals surface area contributed by atoms with Crippen molar-refractivity contribution in [3.05, 3.63) is 126 Å². The first-order valence-corrected chi connectivity index (χ1v) is 14.7. The number of nitrogens with one attached hydrogen (secondary N) is 1. The summed E-state index contributed by atoms with van der Waals surface area (Å²) in [7, 11) is 0. The first-order chi connectivity index (χ1) is 20.6. The molecule has 42 heavy (non-hydrogen) atoms. The highest BCUT2D eigenvalue weighted by atomic mass is 32.2. The molecule has 2 N–H and O–H groups in total. The lowest BCUT2D eigenvalue weighted by Crippen LogP contribution is -2.38. The highest BCUT2D eigenvalue weighted by molar-refractivity contribution is 7.99. The fourth-order valence-electron chi connectivity index (χ4n) is 4.93. The van der Waals surface area contributed by atoms with Crippen molar-refractivity contribution >= 4 is 34.4 Å². The average molecular weight is 579 g/mol. The number of anilines is 1. The van der Waals surface area contributed by atoms with Crippen LogP contribution in [0.2, 0.25) is 0 Å². The number of amides is 1. The van der Waals surface area contributed by atoms with Crippen molar-refractivity contribution in [2.75, 3.05) is 11.1 Å². The number of thioether (sulfide) groups is 1. The molecular formula is C33H30N4O4S. The molecule has 1 aliphatic heterocycles. The first-order valence-electron chi connectivity index (χ1n) is 13.7. The molecule has 6 rings (SSSR count). The van der Waals surface area contributed by atoms with Crippen molar-refractivity contribution in [3.8, 4) is 0 Å². The van der Waals surface area contributed by atoms with E-state index in [1.807, 2.05) is 91.0 Å². The molecule has 0 saturated carbocycles. The SMILES string of the molecule is C[C@@H]1[C@H](CSc2ccccn2)O[C@H](c2cccc(NC(=O)c3cnc4ccccc4n3)c2)O[C@@H]1c1ccc(CO)cc1. The number of para-hydroxylation sites is 2. The zero-order chi connectivity index (χ0) is 28.9. The number of pyridine rings is 1. The quantitative estimate of drug-likeness (QED) is 0.205. The first kappa shape index (κ1) is 28.0. The van der Waals surface area contributed by atoms with Gasteiger partial charge < -0.3 is 19.9 Å². The Balaban J connectivity index is 1.23. The number of fused-ring (bicyclic) bond motifs is 1. The van der Waals surface area contributed by atoms with Gasteiger partial charge in [-0.1, -0.05) is 61.5 Å². The number of ether oxygens (including phenoxy) is 2. The van der Waals surface area contributed by atoms with Crippen LogP contribution in [-0.4, -0.2) is 37.8 Å². The predicted molar refractivity (Wildman–Crippen MR) is 162 cm³/mol. The van der Waals surface area contributed by atoms with E-state index in [2.05, 4.69) is 27.2 Å². The third-order valence-corrected chi connectivity index (χ3v) is 8.29. The fourth-order valence-corrected chi connectivity index (χ4v) is 5.96. The minimum atomic E-state index is -0.657. The number of carbonyl (C=O) groups is 1. The van der Waals surface area contributed by atoms with Crippen LogP contribution in [0.15, 0.2) is 108 Å². The van der Waals surface area contributed by atoms with Crippen LogP contribution >= 0.6 is 11.8 Å². The summed E-state index contributed by atoms with van der Waals surface area (Å²) < 4.78 is 13.1. The number of aromatic nitrogens is 3. The summed E-state index contributed by atoms with van der Waals surface area (Å²) in [6, 6.07) is 28.6. The molecule has 5 aromatic rings. The molecule has 1 fully saturated rings. The monoisotopic (exact) mass is 578 g/mol. The molecule has 1 aliphatic rings. The van der Waals surface area contributed by atoms with Crippen molar-refractivity contribution in [2.45, 2.75) is 37.1 Å². The second-order valence-corrected chi connectivity index (χ2v) is 11.2. The van der Waals surface area contributed by atoms with Gasteiger partial charge in [0.25, 0.3) is 5.91 Å². The molecule has 3 heterocycles. The van der Waals surface area contributed by atoms with Crippen LogP contribution < -0.4 is 5.32 Å². The van der Waals surface area contributed by atoms with Gasteiger partial charge in [0, 0.05) is 29.1 Å². The Kier molecular flexibility index (Phi) is 8.52. The van der Waals surface area contributed by atoms with Crippen LogP contribution in [0.3, 0.4) is 0 Å². The highest BCUT2D eigenvalue weighted by Crippen LogP contribution is 2.43. The minimum absolute atomic E-state index is 0.0142. The third-order valence-electron chi connectivity index (χ3n) is 7.25. The van der Waals surface area contributed by atoms with Gasteiger partial charge in [-0.25, -0.2) is 9.97 Å². The number of rotatable bonds is 8. The van der Waals surface area contributed by atoms with Gasteiger partial charge in [0.05, 0.1) is 41.1 Å². The molecule has 0 radical (unpaired) electrons. The zero-order valence-corrected chi connectivity index (χ0v) is 23.8. The second kappa shape index (κ2) is 12.8. The highest BCUT2D eigenvalue weighted by Gasteiger charge is 2.38. The standard InChI is InChI=1S/C33H30N4O4S/c1-21-29(20-42-30-11-4-5-16-34-30)40-33(41-31(21)23-14-12-22(19-38)13-15-23)24-7-6-8-25(17-24)36-32(39)28-18-35-26-9-2-3-10-27(26)37-28/h2-18,21,29,31,33,38H,19-20H2,1H3,(H,36,39)/t21-,29+,31+,33+/m1/s1. The van der Waals surface area contributed by atoms with E-state index >= 15 is 0 Å². The zero-order valence-electron chi connectivity index (χ0n) is 23.0. The molecule has 8 nitrogen and oxygen atoms in total. The molecule has 0 unspecified atom stereocenters. The van der Waals surface area contributed by atoms with Gasteiger partial charge in [-0.05, 0) is 47.5 Å². The number of nitrogens with zero attached hydrogens (tertiary/aromatic N) is 3. The molecule has 1 saturated heterocycles. The number of carbonyl (C=O) groups excluding carboxylic acids is 1. The lowest BCUT2D eigenvalue weighted by Gasteiger charge is -2.41. The predicted octanol–water partition coefficient (Wildman–Crippen LogP) is 6.35. The van der Waals surface area contributed by atoms with E-state index in [0.29, 0.717) is 17.0 Å². The number of aliphatic hydroxyl groups excluding tert-OH is 1. The van der Waals surface area contributed by atoms with E-state index < -0.39 is 6.29 Å². The summed E-state index contributed by atoms with van der Waals surface area (Å²) in [5.74, 6) is 0.392. The summed E-state index contributed by atoms with van der Waals surface area (Å²) in [6.45, 7) is 2.12. The Bertz CT molecular complexity index is 1670. The smallest absolute Gasteiger partial charge is 0.275 e. The summed E-state index contributed by atoms with van der Waals surface area (Å²) in [6.07, 6.45) is 2.23. The van der Waals surface area contributed by atoms with Gasteiger partial charge in [0.2, 0.25) is 0 Å². The van der Waals surface area contributed by atoms with Gasteiger partial charge in [-0.3, -0.25) is 9.78 Å². The maximum Gasteiger partial charge on any atom is 0.275 e. The molecule has 9 heteroatoms. The van der Waals surface area contributed by atoms with Gasteiger partial charge in [0.1, 0.15) is 5.69 Å². The number of aliphatic hydroxyl groups is 1. The molecular weight excluding hydrogens is 548 g/mol. The Morgan fingerprint density at radius 3 is 2.50 bits per heavy atom. The van der Waals surface area contributed by atoms with Crippen LogP contribution in [0.5, 0.6) is 0 Å². The Labute approximate surface area is 248 Å². The third kappa shape index (κ3) is 6.34. The number of hydrogen-bond acceptors (Lipinski definition) is 8. The molecule has 3 aromatic carbocycles. The number of hydrogen-bond donors (Lipinski definition) is 2. The van der Waals surface area contributed by atoms with Crippen molar-refractivity contribution in [1.29, 1.82) is 0 Å². The van der Waals surface area contributed by atoms with Crippen LogP contribution in [0.25, 0.3) is 11.0 Å². The lowest BCUT2D eigenvalue weighted by molar-refractivity contribution is -0.268. The molecule has 4 atom stereocenters. The van der Waals surface area contributed by atoms with Crippen molar-refractivity contribution in [1.82, 2.24) is 15.0 Å². The molecule has 0 spiro atoms. The molecule has 0 bridgehead atoms. The van der Waals surface area contributed by atoms with Crippen LogP contribution in [0.4, 0.5) is 5.69 Å². The second-order valence-electron chi connectivity index (χ2n) is 10.1. The summed E-state index contributed by atoms with van der Waals surface area (Å²) >= 11 is 1.65. The van der Waals surface area contributed by atoms with Crippen LogP contribution in [0, 0.1) is 5.92 Å². The lowest BCUT2D eigenvalue weighted by atomic mass is 9.91. The van der Waals surface area contributed by atoms with E-state index in [1.54, 1.807) is 18.0 Å². The Morgan fingerprint density at radius 2 is 1.71 bits per heavy atom. The number of benzene rings is 3. The minimum Gasteiger partial charge on any atom is -0.392 e. The Morgan fingerprint density at radius 1 is 0.905 bits per heavy atom. The fraction of sp³-hybridized carbons (Fsp3) is 0.212. The molecule has 1 amide bonds. The average Bonchev–Trinajstić information content (AvgIpc) is 3.04. The van der Waals surface area contributed by atoms with Crippen molar-refractivity contribution in [2.24, 2.45) is 5.92 Å². The van der Waals surface area contributed by atoms with E-state index in [-0.39, 0.29) is 36.3 Å². The van der Waals surface area contributed by atoms with Crippen molar-refractivity contribution in [3.63, 3.8) is 0 Å². The van der Waals surface area contributed by atoms with E-state index in [0.717, 1.165) is 27.2 Å². The van der Waals surface area contributed by atoms with E-state index in [1.165, 1.54) is 6.20 Å². The summed E-state index contributed by atoms with van der Waals surface area (Å²) in [5, 5.41) is 13.4. The molecule has 0 aliphatic carbocycles. The van der Waals surface area contributed by atoms with E-state index in [9.17, 15) is 9.90 Å². The normalized spacial score (nSPS) is 20.3. The summed E-state index contributed by atoms with van der Waals surface area (Å²) in [5.41, 5.74) is 4.86. The van der Waals surface area contributed by atoms with Crippen LogP contribution in [0.1, 0.15) is 46.5 Å². The van der Waals surface area contributed by atoms with Gasteiger partial charge in [-0.15, -0.1) is 11.8 Å². The topological polar surface area (TPSA) is 106 Å². The molecule has 212 valence electrons. The van der Waals surface area contributed by atoms with Crippen molar-refractivity contribution < 1.29 is 19.4 Å². The Hall–Kier alpha value is -4.15. The maximum absolute atomic E-state index is 13.0. The largest absolute Gasteiger partial charge is 0.392 e. The van der Waals surface area contributed by atoms with Crippen LogP contribution in [-0.2, 0) is 16.1 Å². The maximum atomic E-state index is 13.0. The van der Waals surface area contributed by atoms with Gasteiger partial charge >= 0.3 is 0 Å². The van der Waals surface area contributed by atoms with E-state index in [4.69, 9.17) is 9.47 Å². The van der Waals surface area contributed by atoms with Gasteiger partial charge in [-0.2, -0.15) is 0 Å². The summed E-state index contributed by atoms with van der Waals surface area (Å²) in [4.78, 5) is 26.3.